The molecule has 7 nitrogen and oxygen atoms in total. The fraction of sp³-hybridized carbons (Fsp3) is 0.382. The standard InChI is InChI=1S/C34H39ClO7/c1-4-6-7-8-9-10-21-39-27-15-11-25(12-16-27)32(36)41-28-17-13-26(14-18-28)33(37)42-29-19-20-30(31(35)22-29)34(38)40-23-24(3)5-2/h11-20,22,24H,4-10,21,23H2,1-3H3/t24-/m0/s1. The van der Waals surface area contributed by atoms with Crippen LogP contribution in [0, 0.1) is 5.92 Å². The fourth-order valence-electron chi connectivity index (χ4n) is 3.89. The molecule has 0 aliphatic heterocycles. The Morgan fingerprint density at radius 2 is 1.24 bits per heavy atom. The van der Waals surface area contributed by atoms with E-state index in [2.05, 4.69) is 6.92 Å². The zero-order chi connectivity index (χ0) is 30.3. The Balaban J connectivity index is 1.47. The summed E-state index contributed by atoms with van der Waals surface area (Å²) in [6.07, 6.45) is 8.06. The number of hydrogen-bond donors (Lipinski definition) is 0. The van der Waals surface area contributed by atoms with Gasteiger partial charge in [-0.3, -0.25) is 0 Å². The predicted octanol–water partition coefficient (Wildman–Crippen LogP) is 8.72. The van der Waals surface area contributed by atoms with Crippen LogP contribution in [0.2, 0.25) is 5.02 Å². The van der Waals surface area contributed by atoms with Crippen LogP contribution in [0.1, 0.15) is 96.8 Å². The summed E-state index contributed by atoms with van der Waals surface area (Å²) in [5, 5.41) is 0.120. The zero-order valence-corrected chi connectivity index (χ0v) is 25.3. The van der Waals surface area contributed by atoms with Gasteiger partial charge in [-0.25, -0.2) is 14.4 Å². The molecular weight excluding hydrogens is 556 g/mol. The molecular formula is C34H39ClO7. The van der Waals surface area contributed by atoms with Gasteiger partial charge in [-0.1, -0.05) is 70.9 Å². The molecule has 3 aromatic carbocycles. The van der Waals surface area contributed by atoms with Crippen molar-refractivity contribution in [3.05, 3.63) is 88.4 Å². The van der Waals surface area contributed by atoms with Gasteiger partial charge in [0, 0.05) is 6.07 Å². The maximum absolute atomic E-state index is 12.6. The molecule has 0 aromatic heterocycles. The third kappa shape index (κ3) is 10.5. The second-order valence-electron chi connectivity index (χ2n) is 10.2. The largest absolute Gasteiger partial charge is 0.494 e. The van der Waals surface area contributed by atoms with Gasteiger partial charge in [-0.15, -0.1) is 0 Å². The van der Waals surface area contributed by atoms with Crippen LogP contribution in [0.4, 0.5) is 0 Å². The summed E-state index contributed by atoms with van der Waals surface area (Å²) in [7, 11) is 0. The summed E-state index contributed by atoms with van der Waals surface area (Å²) in [4.78, 5) is 37.5. The van der Waals surface area contributed by atoms with Crippen molar-refractivity contribution in [2.75, 3.05) is 13.2 Å². The van der Waals surface area contributed by atoms with E-state index >= 15 is 0 Å². The molecule has 3 aromatic rings. The van der Waals surface area contributed by atoms with E-state index in [1.54, 1.807) is 24.3 Å². The van der Waals surface area contributed by atoms with E-state index in [-0.39, 0.29) is 33.6 Å². The minimum absolute atomic E-state index is 0.120. The second kappa shape index (κ2) is 17.2. The van der Waals surface area contributed by atoms with E-state index in [1.165, 1.54) is 68.1 Å². The fourth-order valence-corrected chi connectivity index (χ4v) is 4.14. The number of rotatable bonds is 16. The van der Waals surface area contributed by atoms with Crippen molar-refractivity contribution in [2.24, 2.45) is 5.92 Å². The highest BCUT2D eigenvalue weighted by Crippen LogP contribution is 2.25. The highest BCUT2D eigenvalue weighted by Gasteiger charge is 2.16. The molecule has 0 bridgehead atoms. The van der Waals surface area contributed by atoms with Crippen LogP contribution < -0.4 is 14.2 Å². The van der Waals surface area contributed by atoms with Crippen molar-refractivity contribution in [2.45, 2.75) is 65.7 Å². The number of halogens is 1. The van der Waals surface area contributed by atoms with Gasteiger partial charge in [-0.2, -0.15) is 0 Å². The molecule has 42 heavy (non-hydrogen) atoms. The summed E-state index contributed by atoms with van der Waals surface area (Å²) in [6.45, 7) is 7.15. The van der Waals surface area contributed by atoms with Gasteiger partial charge in [-0.05, 0) is 73.0 Å². The number of carbonyl (C=O) groups excluding carboxylic acids is 3. The first-order valence-electron chi connectivity index (χ1n) is 14.5. The van der Waals surface area contributed by atoms with Crippen LogP contribution in [0.3, 0.4) is 0 Å². The van der Waals surface area contributed by atoms with E-state index in [4.69, 9.17) is 30.5 Å². The molecule has 0 heterocycles. The summed E-state index contributed by atoms with van der Waals surface area (Å²) >= 11 is 6.23. The van der Waals surface area contributed by atoms with Crippen LogP contribution in [0.5, 0.6) is 17.2 Å². The summed E-state index contributed by atoms with van der Waals surface area (Å²) in [5.74, 6) is -0.273. The molecule has 0 saturated heterocycles. The van der Waals surface area contributed by atoms with Crippen LogP contribution in [-0.4, -0.2) is 31.1 Å². The van der Waals surface area contributed by atoms with Gasteiger partial charge in [0.2, 0.25) is 0 Å². The topological polar surface area (TPSA) is 88.1 Å². The average Bonchev–Trinajstić information content (AvgIpc) is 3.00. The maximum atomic E-state index is 12.6. The third-order valence-corrected chi connectivity index (χ3v) is 7.04. The first-order valence-corrected chi connectivity index (χ1v) is 14.9. The van der Waals surface area contributed by atoms with Crippen LogP contribution in [0.15, 0.2) is 66.7 Å². The number of carbonyl (C=O) groups is 3. The van der Waals surface area contributed by atoms with Gasteiger partial charge < -0.3 is 18.9 Å². The number of ether oxygens (including phenoxy) is 4. The third-order valence-electron chi connectivity index (χ3n) is 6.72. The van der Waals surface area contributed by atoms with E-state index in [1.807, 2.05) is 13.8 Å². The number of hydrogen-bond acceptors (Lipinski definition) is 7. The average molecular weight is 595 g/mol. The van der Waals surface area contributed by atoms with Crippen molar-refractivity contribution < 1.29 is 33.3 Å². The first kappa shape index (κ1) is 32.7. The van der Waals surface area contributed by atoms with Crippen molar-refractivity contribution in [3.8, 4) is 17.2 Å². The Morgan fingerprint density at radius 1 is 0.690 bits per heavy atom. The molecule has 0 saturated carbocycles. The summed E-state index contributed by atoms with van der Waals surface area (Å²) in [6, 6.07) is 17.2. The summed E-state index contributed by atoms with van der Waals surface area (Å²) in [5.41, 5.74) is 0.825. The van der Waals surface area contributed by atoms with E-state index in [9.17, 15) is 14.4 Å². The second-order valence-corrected chi connectivity index (χ2v) is 10.6. The number of esters is 3. The molecule has 0 fully saturated rings. The van der Waals surface area contributed by atoms with Crippen LogP contribution in [0.25, 0.3) is 0 Å². The van der Waals surface area contributed by atoms with Gasteiger partial charge >= 0.3 is 17.9 Å². The number of benzene rings is 3. The Morgan fingerprint density at radius 3 is 1.83 bits per heavy atom. The van der Waals surface area contributed by atoms with Gasteiger partial charge in [0.25, 0.3) is 0 Å². The Hall–Kier alpha value is -3.84. The normalized spacial score (nSPS) is 11.4. The Bertz CT molecular complexity index is 1300. The highest BCUT2D eigenvalue weighted by atomic mass is 35.5. The van der Waals surface area contributed by atoms with E-state index < -0.39 is 17.9 Å². The molecule has 0 aliphatic carbocycles. The van der Waals surface area contributed by atoms with Crippen molar-refractivity contribution in [3.63, 3.8) is 0 Å². The van der Waals surface area contributed by atoms with E-state index in [0.717, 1.165) is 19.3 Å². The van der Waals surface area contributed by atoms with Gasteiger partial charge in [0.15, 0.2) is 0 Å². The van der Waals surface area contributed by atoms with Crippen molar-refractivity contribution in [1.29, 1.82) is 0 Å². The monoisotopic (exact) mass is 594 g/mol. The van der Waals surface area contributed by atoms with Crippen molar-refractivity contribution in [1.82, 2.24) is 0 Å². The molecule has 0 unspecified atom stereocenters. The molecule has 1 atom stereocenters. The smallest absolute Gasteiger partial charge is 0.343 e. The van der Waals surface area contributed by atoms with Gasteiger partial charge in [0.1, 0.15) is 17.2 Å². The quantitative estimate of drug-likeness (QED) is 0.0930. The molecule has 0 spiro atoms. The summed E-state index contributed by atoms with van der Waals surface area (Å²) < 4.78 is 21.9. The maximum Gasteiger partial charge on any atom is 0.343 e. The van der Waals surface area contributed by atoms with Crippen LogP contribution >= 0.6 is 11.6 Å². The zero-order valence-electron chi connectivity index (χ0n) is 24.5. The molecule has 3 rings (SSSR count). The molecule has 0 radical (unpaired) electrons. The lowest BCUT2D eigenvalue weighted by molar-refractivity contribution is 0.0447. The first-order chi connectivity index (χ1) is 20.3. The Labute approximate surface area is 253 Å². The lowest BCUT2D eigenvalue weighted by Gasteiger charge is -2.11. The van der Waals surface area contributed by atoms with Crippen LogP contribution in [-0.2, 0) is 4.74 Å². The lowest BCUT2D eigenvalue weighted by Crippen LogP contribution is -2.12. The molecule has 8 heteroatoms. The number of unbranched alkanes of at least 4 members (excludes halogenated alkanes) is 5. The molecule has 224 valence electrons. The minimum Gasteiger partial charge on any atom is -0.494 e. The molecule has 0 amide bonds. The van der Waals surface area contributed by atoms with Crippen molar-refractivity contribution >= 4 is 29.5 Å². The van der Waals surface area contributed by atoms with E-state index in [0.29, 0.717) is 24.5 Å². The predicted molar refractivity (Wildman–Crippen MR) is 163 cm³/mol. The lowest BCUT2D eigenvalue weighted by atomic mass is 10.1. The SMILES string of the molecule is CCCCCCCCOc1ccc(C(=O)Oc2ccc(C(=O)Oc3ccc(C(=O)OC[C@@H](C)CC)c(Cl)c3)cc2)cc1. The molecule has 0 N–H and O–H groups in total. The van der Waals surface area contributed by atoms with Gasteiger partial charge in [0.05, 0.1) is 34.9 Å². The highest BCUT2D eigenvalue weighted by molar-refractivity contribution is 6.33. The molecule has 0 aliphatic rings. The minimum atomic E-state index is -0.632. The Kier molecular flexibility index (Phi) is 13.4.